The molecule has 0 spiro atoms. The number of H-pyrrole nitrogens is 1. The minimum absolute atomic E-state index is 0.114. The van der Waals surface area contributed by atoms with Crippen LogP contribution in [0.1, 0.15) is 61.1 Å². The molecule has 0 bridgehead atoms. The molecule has 5 heterocycles. The highest BCUT2D eigenvalue weighted by atomic mass is 16.3. The van der Waals surface area contributed by atoms with E-state index in [-0.39, 0.29) is 12.1 Å². The lowest BCUT2D eigenvalue weighted by Gasteiger charge is -2.34. The minimum Gasteiger partial charge on any atom is -0.472 e. The highest BCUT2D eigenvalue weighted by molar-refractivity contribution is 5.91. The number of hydrogen-bond donors (Lipinski definition) is 5. The summed E-state index contributed by atoms with van der Waals surface area (Å²) >= 11 is 0. The molecule has 37 heavy (non-hydrogen) atoms. The van der Waals surface area contributed by atoms with E-state index >= 15 is 0 Å². The van der Waals surface area contributed by atoms with Crippen LogP contribution in [0.4, 0.5) is 0 Å². The number of piperidine rings is 1. The van der Waals surface area contributed by atoms with Gasteiger partial charge in [0.05, 0.1) is 29.6 Å². The van der Waals surface area contributed by atoms with E-state index in [0.717, 1.165) is 60.0 Å². The SMILES string of the molecule is c1cc(-c2ccoc2)c2nc(C3NNC4CNC(c5cncc(CNCC6CCCC6)c5)CC43)[nH]c2c1. The van der Waals surface area contributed by atoms with Crippen LogP contribution >= 0.6 is 0 Å². The predicted molar refractivity (Wildman–Crippen MR) is 143 cm³/mol. The average molecular weight is 498 g/mol. The first-order chi connectivity index (χ1) is 18.3. The number of aromatic nitrogens is 3. The number of imidazole rings is 1. The molecule has 4 aromatic rings. The van der Waals surface area contributed by atoms with E-state index in [1.807, 2.05) is 18.5 Å². The number of hydrazine groups is 1. The lowest BCUT2D eigenvalue weighted by Crippen LogP contribution is -2.46. The highest BCUT2D eigenvalue weighted by Gasteiger charge is 2.42. The van der Waals surface area contributed by atoms with E-state index in [1.165, 1.54) is 36.8 Å². The second-order valence-electron chi connectivity index (χ2n) is 11.0. The van der Waals surface area contributed by atoms with Crippen molar-refractivity contribution in [3.63, 3.8) is 0 Å². The Morgan fingerprint density at radius 1 is 1.08 bits per heavy atom. The molecule has 3 aliphatic rings. The van der Waals surface area contributed by atoms with Gasteiger partial charge in [-0.3, -0.25) is 10.4 Å². The first-order valence-corrected chi connectivity index (χ1v) is 13.7. The number of nitrogens with zero attached hydrogens (tertiary/aromatic N) is 2. The summed E-state index contributed by atoms with van der Waals surface area (Å²) < 4.78 is 5.33. The van der Waals surface area contributed by atoms with Gasteiger partial charge in [0.15, 0.2) is 0 Å². The van der Waals surface area contributed by atoms with E-state index in [0.29, 0.717) is 12.0 Å². The Hall–Kier alpha value is -3.04. The molecule has 1 saturated carbocycles. The number of para-hydroxylation sites is 1. The van der Waals surface area contributed by atoms with Crippen molar-refractivity contribution in [3.05, 3.63) is 72.2 Å². The summed E-state index contributed by atoms with van der Waals surface area (Å²) in [5.41, 5.74) is 13.8. The molecule has 8 heteroatoms. The van der Waals surface area contributed by atoms with Crippen LogP contribution in [0.15, 0.2) is 59.7 Å². The highest BCUT2D eigenvalue weighted by Crippen LogP contribution is 2.39. The van der Waals surface area contributed by atoms with Crippen molar-refractivity contribution < 1.29 is 4.42 Å². The maximum absolute atomic E-state index is 5.33. The van der Waals surface area contributed by atoms with Gasteiger partial charge in [-0.15, -0.1) is 0 Å². The fraction of sp³-hybridized carbons (Fsp3) is 0.448. The predicted octanol–water partition coefficient (Wildman–Crippen LogP) is 4.37. The van der Waals surface area contributed by atoms with Gasteiger partial charge in [-0.2, -0.15) is 0 Å². The van der Waals surface area contributed by atoms with Crippen molar-refractivity contribution in [3.8, 4) is 11.1 Å². The molecule has 2 saturated heterocycles. The van der Waals surface area contributed by atoms with Crippen LogP contribution in [0.5, 0.6) is 0 Å². The van der Waals surface area contributed by atoms with Crippen molar-refractivity contribution in [2.45, 2.75) is 56.8 Å². The maximum atomic E-state index is 5.33. The summed E-state index contributed by atoms with van der Waals surface area (Å²) in [5.74, 6) is 2.24. The standard InChI is InChI=1S/C29H35N7O/c1-2-5-18(4-1)12-30-13-19-10-21(15-31-14-19)25-11-23-26(16-32-25)35-36-28(23)29-33-24-7-3-6-22(27(24)34-29)20-8-9-37-17-20/h3,6-10,14-15,17-18,23,25-26,28,30,32,35-36H,1-2,4-5,11-13,16H2,(H,33,34). The maximum Gasteiger partial charge on any atom is 0.126 e. The number of rotatable bonds is 7. The molecule has 192 valence electrons. The molecule has 3 fully saturated rings. The van der Waals surface area contributed by atoms with Gasteiger partial charge < -0.3 is 20.0 Å². The average Bonchev–Trinajstić information content (AvgIpc) is 3.74. The van der Waals surface area contributed by atoms with Gasteiger partial charge in [-0.25, -0.2) is 10.4 Å². The Kier molecular flexibility index (Phi) is 6.26. The van der Waals surface area contributed by atoms with Crippen LogP contribution in [0.2, 0.25) is 0 Å². The zero-order chi connectivity index (χ0) is 24.6. The number of fused-ring (bicyclic) bond motifs is 2. The molecule has 0 radical (unpaired) electrons. The van der Waals surface area contributed by atoms with Gasteiger partial charge in [0, 0.05) is 54.6 Å². The van der Waals surface area contributed by atoms with Crippen LogP contribution in [-0.4, -0.2) is 34.1 Å². The zero-order valence-electron chi connectivity index (χ0n) is 21.0. The van der Waals surface area contributed by atoms with Crippen LogP contribution < -0.4 is 21.5 Å². The number of pyridine rings is 1. The van der Waals surface area contributed by atoms with Crippen LogP contribution in [0, 0.1) is 11.8 Å². The number of hydrogen-bond acceptors (Lipinski definition) is 7. The molecular weight excluding hydrogens is 462 g/mol. The lowest BCUT2D eigenvalue weighted by molar-refractivity contribution is 0.263. The molecule has 4 unspecified atom stereocenters. The Labute approximate surface area is 217 Å². The van der Waals surface area contributed by atoms with Gasteiger partial charge >= 0.3 is 0 Å². The molecular formula is C29H35N7O. The van der Waals surface area contributed by atoms with Gasteiger partial charge in [0.25, 0.3) is 0 Å². The largest absolute Gasteiger partial charge is 0.472 e. The third-order valence-corrected chi connectivity index (χ3v) is 8.57. The Balaban J connectivity index is 1.07. The summed E-state index contributed by atoms with van der Waals surface area (Å²) in [5, 5.41) is 7.43. The second kappa shape index (κ2) is 10.0. The van der Waals surface area contributed by atoms with E-state index < -0.39 is 0 Å². The molecule has 1 aliphatic carbocycles. The normalized spacial score (nSPS) is 26.2. The zero-order valence-corrected chi connectivity index (χ0v) is 21.0. The van der Waals surface area contributed by atoms with Crippen molar-refractivity contribution in [1.29, 1.82) is 0 Å². The second-order valence-corrected chi connectivity index (χ2v) is 11.0. The van der Waals surface area contributed by atoms with Gasteiger partial charge in [-0.1, -0.05) is 25.0 Å². The number of aromatic amines is 1. The van der Waals surface area contributed by atoms with E-state index in [4.69, 9.17) is 9.40 Å². The molecule has 0 amide bonds. The third-order valence-electron chi connectivity index (χ3n) is 8.57. The van der Waals surface area contributed by atoms with Crippen molar-refractivity contribution >= 4 is 11.0 Å². The Morgan fingerprint density at radius 3 is 2.92 bits per heavy atom. The first-order valence-electron chi connectivity index (χ1n) is 13.7. The minimum atomic E-state index is 0.114. The molecule has 8 nitrogen and oxygen atoms in total. The molecule has 1 aromatic carbocycles. The monoisotopic (exact) mass is 497 g/mol. The molecule has 4 atom stereocenters. The Bertz CT molecular complexity index is 1340. The summed E-state index contributed by atoms with van der Waals surface area (Å²) in [4.78, 5) is 13.3. The van der Waals surface area contributed by atoms with Gasteiger partial charge in [0.2, 0.25) is 0 Å². The van der Waals surface area contributed by atoms with Crippen LogP contribution in [0.25, 0.3) is 22.2 Å². The third kappa shape index (κ3) is 4.59. The van der Waals surface area contributed by atoms with E-state index in [2.05, 4.69) is 55.7 Å². The van der Waals surface area contributed by atoms with Gasteiger partial charge in [0.1, 0.15) is 5.82 Å². The first kappa shape index (κ1) is 23.1. The molecule has 5 N–H and O–H groups in total. The van der Waals surface area contributed by atoms with E-state index in [1.54, 1.807) is 12.5 Å². The van der Waals surface area contributed by atoms with Crippen LogP contribution in [0.3, 0.4) is 0 Å². The summed E-state index contributed by atoms with van der Waals surface area (Å²) in [7, 11) is 0. The van der Waals surface area contributed by atoms with Crippen molar-refractivity contribution in [1.82, 2.24) is 36.4 Å². The van der Waals surface area contributed by atoms with Crippen molar-refractivity contribution in [2.75, 3.05) is 13.1 Å². The molecule has 2 aliphatic heterocycles. The topological polar surface area (TPSA) is 103 Å². The fourth-order valence-electron chi connectivity index (χ4n) is 6.57. The summed E-state index contributed by atoms with van der Waals surface area (Å²) in [6.07, 6.45) is 14.1. The lowest BCUT2D eigenvalue weighted by atomic mass is 9.82. The quantitative estimate of drug-likeness (QED) is 0.258. The van der Waals surface area contributed by atoms with Gasteiger partial charge in [-0.05, 0) is 61.1 Å². The number of furan rings is 1. The van der Waals surface area contributed by atoms with Crippen LogP contribution in [-0.2, 0) is 6.54 Å². The van der Waals surface area contributed by atoms with Crippen molar-refractivity contribution in [2.24, 2.45) is 11.8 Å². The Morgan fingerprint density at radius 2 is 2.03 bits per heavy atom. The molecule has 3 aromatic heterocycles. The number of nitrogens with one attached hydrogen (secondary N) is 5. The van der Waals surface area contributed by atoms with E-state index in [9.17, 15) is 0 Å². The summed E-state index contributed by atoms with van der Waals surface area (Å²) in [6, 6.07) is 11.3. The fourth-order valence-corrected chi connectivity index (χ4v) is 6.57. The number of benzene rings is 1. The molecule has 7 rings (SSSR count). The summed E-state index contributed by atoms with van der Waals surface area (Å²) in [6.45, 7) is 2.91. The smallest absolute Gasteiger partial charge is 0.126 e.